The van der Waals surface area contributed by atoms with E-state index >= 15 is 0 Å². The van der Waals surface area contributed by atoms with Crippen LogP contribution in [-0.4, -0.2) is 61.3 Å². The van der Waals surface area contributed by atoms with Crippen molar-refractivity contribution in [2.45, 2.75) is 12.5 Å². The number of carbonyl (C=O) groups is 2. The molecule has 0 saturated carbocycles. The van der Waals surface area contributed by atoms with Crippen LogP contribution in [0.25, 0.3) is 0 Å². The van der Waals surface area contributed by atoms with E-state index in [0.717, 1.165) is 18.8 Å². The van der Waals surface area contributed by atoms with Crippen molar-refractivity contribution in [3.63, 3.8) is 0 Å². The highest BCUT2D eigenvalue weighted by Crippen LogP contribution is 2.20. The largest absolute Gasteiger partial charge is 0.497 e. The maximum atomic E-state index is 9.10. The molecule has 1 rings (SSSR count). The van der Waals surface area contributed by atoms with Crippen molar-refractivity contribution in [2.75, 3.05) is 34.3 Å². The van der Waals surface area contributed by atoms with Crippen LogP contribution in [0.5, 0.6) is 5.75 Å². The lowest BCUT2D eigenvalue weighted by Crippen LogP contribution is -2.31. The van der Waals surface area contributed by atoms with Gasteiger partial charge in [-0.1, -0.05) is 12.1 Å². The first-order chi connectivity index (χ1) is 11.3. The number of carboxylic acids is 2. The predicted octanol–water partition coefficient (Wildman–Crippen LogP) is 0.957. The van der Waals surface area contributed by atoms with Crippen LogP contribution in [-0.2, 0) is 9.59 Å². The third-order valence-electron chi connectivity index (χ3n) is 3.06. The van der Waals surface area contributed by atoms with Gasteiger partial charge in [-0.15, -0.1) is 0 Å². The number of benzene rings is 1. The lowest BCUT2D eigenvalue weighted by atomic mass is 10.1. The van der Waals surface area contributed by atoms with Gasteiger partial charge < -0.3 is 25.2 Å². The average Bonchev–Trinajstić information content (AvgIpc) is 2.55. The predicted molar refractivity (Wildman–Crippen MR) is 87.8 cm³/mol. The zero-order chi connectivity index (χ0) is 18.5. The van der Waals surface area contributed by atoms with E-state index in [9.17, 15) is 0 Å². The highest BCUT2D eigenvalue weighted by molar-refractivity contribution is 6.27. The van der Waals surface area contributed by atoms with Gasteiger partial charge in [0.1, 0.15) is 5.75 Å². The van der Waals surface area contributed by atoms with E-state index in [1.165, 1.54) is 5.56 Å². The van der Waals surface area contributed by atoms with Crippen LogP contribution in [0.15, 0.2) is 24.3 Å². The van der Waals surface area contributed by atoms with Crippen molar-refractivity contribution >= 4 is 11.9 Å². The number of methoxy groups -OCH3 is 1. The minimum absolute atomic E-state index is 0.301. The Balaban J connectivity index is 0.000000754. The van der Waals surface area contributed by atoms with Crippen LogP contribution in [0.1, 0.15) is 18.0 Å². The topological polar surface area (TPSA) is 123 Å². The summed E-state index contributed by atoms with van der Waals surface area (Å²) in [6, 6.07) is 10.5. The first kappa shape index (κ1) is 21.4. The fourth-order valence-corrected chi connectivity index (χ4v) is 1.81. The molecule has 0 amide bonds. The van der Waals surface area contributed by atoms with E-state index < -0.39 is 11.9 Å². The Kier molecular flexibility index (Phi) is 10.6. The lowest BCUT2D eigenvalue weighted by molar-refractivity contribution is -0.159. The number of nitriles is 1. The summed E-state index contributed by atoms with van der Waals surface area (Å²) in [5, 5.41) is 26.6. The minimum atomic E-state index is -1.82. The first-order valence-corrected chi connectivity index (χ1v) is 7.17. The van der Waals surface area contributed by atoms with Crippen molar-refractivity contribution in [1.29, 1.82) is 5.26 Å². The molecule has 8 nitrogen and oxygen atoms in total. The standard InChI is InChI=1S/C14H21N3O.C2H2O4/c1-17(2)14(11-16-10-4-9-15)12-5-7-13(18-3)8-6-12;3-1(4)2(5)6/h5-8,14,16H,4,10-11H2,1-3H3;(H,3,4)(H,5,6). The molecule has 3 N–H and O–H groups in total. The van der Waals surface area contributed by atoms with Crippen LogP contribution in [0.3, 0.4) is 0 Å². The molecule has 8 heteroatoms. The molecular weight excluding hydrogens is 314 g/mol. The number of hydrogen-bond acceptors (Lipinski definition) is 6. The summed E-state index contributed by atoms with van der Waals surface area (Å²) in [6.45, 7) is 1.57. The van der Waals surface area contributed by atoms with Crippen molar-refractivity contribution in [3.8, 4) is 11.8 Å². The monoisotopic (exact) mass is 337 g/mol. The Labute approximate surface area is 141 Å². The summed E-state index contributed by atoms with van der Waals surface area (Å²) in [5.41, 5.74) is 1.24. The molecule has 0 bridgehead atoms. The fraction of sp³-hybridized carbons (Fsp3) is 0.438. The van der Waals surface area contributed by atoms with E-state index in [1.54, 1.807) is 7.11 Å². The van der Waals surface area contributed by atoms with Crippen molar-refractivity contribution in [1.82, 2.24) is 10.2 Å². The third-order valence-corrected chi connectivity index (χ3v) is 3.06. The van der Waals surface area contributed by atoms with Gasteiger partial charge in [-0.05, 0) is 31.8 Å². The summed E-state index contributed by atoms with van der Waals surface area (Å²) < 4.78 is 5.16. The molecule has 0 aliphatic heterocycles. The van der Waals surface area contributed by atoms with Crippen LogP contribution >= 0.6 is 0 Å². The normalized spacial score (nSPS) is 11.0. The van der Waals surface area contributed by atoms with Crippen LogP contribution < -0.4 is 10.1 Å². The number of aliphatic carboxylic acids is 2. The molecule has 0 spiro atoms. The Bertz CT molecular complexity index is 540. The number of hydrogen-bond donors (Lipinski definition) is 3. The third kappa shape index (κ3) is 8.73. The van der Waals surface area contributed by atoms with Crippen molar-refractivity contribution in [2.24, 2.45) is 0 Å². The number of ether oxygens (including phenoxy) is 1. The molecule has 132 valence electrons. The second-order valence-corrected chi connectivity index (χ2v) is 4.98. The molecule has 0 saturated heterocycles. The van der Waals surface area contributed by atoms with Gasteiger partial charge in [0.25, 0.3) is 0 Å². The quantitative estimate of drug-likeness (QED) is 0.496. The number of carboxylic acid groups (broad SMARTS) is 2. The first-order valence-electron chi connectivity index (χ1n) is 7.17. The van der Waals surface area contributed by atoms with E-state index in [1.807, 2.05) is 12.1 Å². The second kappa shape index (κ2) is 11.9. The SMILES string of the molecule is COc1ccc(C(CNCCC#N)N(C)C)cc1.O=C(O)C(=O)O. The molecule has 0 radical (unpaired) electrons. The van der Waals surface area contributed by atoms with Gasteiger partial charge in [-0.25, -0.2) is 9.59 Å². The Morgan fingerprint density at radius 1 is 1.25 bits per heavy atom. The number of likely N-dealkylation sites (N-methyl/N-ethyl adjacent to an activating group) is 1. The highest BCUT2D eigenvalue weighted by Gasteiger charge is 2.13. The highest BCUT2D eigenvalue weighted by atomic mass is 16.5. The molecule has 24 heavy (non-hydrogen) atoms. The van der Waals surface area contributed by atoms with Gasteiger partial charge in [0.2, 0.25) is 0 Å². The van der Waals surface area contributed by atoms with E-state index in [2.05, 4.69) is 42.5 Å². The van der Waals surface area contributed by atoms with E-state index in [-0.39, 0.29) is 0 Å². The molecule has 0 aliphatic carbocycles. The molecule has 1 atom stereocenters. The van der Waals surface area contributed by atoms with Gasteiger partial charge in [0, 0.05) is 25.6 Å². The van der Waals surface area contributed by atoms with Gasteiger partial charge in [0.05, 0.1) is 13.2 Å². The summed E-state index contributed by atoms with van der Waals surface area (Å²) in [6.07, 6.45) is 0.544. The Hall–Kier alpha value is -2.63. The molecule has 0 aliphatic rings. The minimum Gasteiger partial charge on any atom is -0.497 e. The van der Waals surface area contributed by atoms with Gasteiger partial charge in [-0.3, -0.25) is 0 Å². The fourth-order valence-electron chi connectivity index (χ4n) is 1.81. The Morgan fingerprint density at radius 3 is 2.17 bits per heavy atom. The maximum Gasteiger partial charge on any atom is 0.414 e. The molecule has 0 fully saturated rings. The van der Waals surface area contributed by atoms with Crippen molar-refractivity contribution in [3.05, 3.63) is 29.8 Å². The molecule has 1 unspecified atom stereocenters. The molecule has 0 aromatic heterocycles. The number of nitrogens with zero attached hydrogens (tertiary/aromatic N) is 2. The lowest BCUT2D eigenvalue weighted by Gasteiger charge is -2.25. The molecule has 1 aromatic rings. The summed E-state index contributed by atoms with van der Waals surface area (Å²) in [4.78, 5) is 20.4. The summed E-state index contributed by atoms with van der Waals surface area (Å²) in [5.74, 6) is -2.78. The number of nitrogens with one attached hydrogen (secondary N) is 1. The zero-order valence-corrected chi connectivity index (χ0v) is 14.0. The Morgan fingerprint density at radius 2 is 1.79 bits per heavy atom. The molecule has 1 aromatic carbocycles. The number of rotatable bonds is 7. The van der Waals surface area contributed by atoms with Gasteiger partial charge >= 0.3 is 11.9 Å². The maximum absolute atomic E-state index is 9.10. The van der Waals surface area contributed by atoms with Gasteiger partial charge in [0.15, 0.2) is 0 Å². The summed E-state index contributed by atoms with van der Waals surface area (Å²) >= 11 is 0. The van der Waals surface area contributed by atoms with Crippen LogP contribution in [0, 0.1) is 11.3 Å². The summed E-state index contributed by atoms with van der Waals surface area (Å²) in [7, 11) is 5.78. The van der Waals surface area contributed by atoms with Crippen LogP contribution in [0.4, 0.5) is 0 Å². The van der Waals surface area contributed by atoms with Crippen LogP contribution in [0.2, 0.25) is 0 Å². The molecular formula is C16H23N3O5. The second-order valence-electron chi connectivity index (χ2n) is 4.98. The van der Waals surface area contributed by atoms with Gasteiger partial charge in [-0.2, -0.15) is 5.26 Å². The van der Waals surface area contributed by atoms with E-state index in [4.69, 9.17) is 29.8 Å². The molecule has 0 heterocycles. The average molecular weight is 337 g/mol. The van der Waals surface area contributed by atoms with E-state index in [0.29, 0.717) is 12.5 Å². The zero-order valence-electron chi connectivity index (χ0n) is 14.0. The van der Waals surface area contributed by atoms with Crippen molar-refractivity contribution < 1.29 is 24.5 Å². The smallest absolute Gasteiger partial charge is 0.414 e.